The summed E-state index contributed by atoms with van der Waals surface area (Å²) in [5.41, 5.74) is 5.87. The topological polar surface area (TPSA) is 68.2 Å². The molecule has 0 aliphatic heterocycles. The van der Waals surface area contributed by atoms with Crippen molar-refractivity contribution in [3.63, 3.8) is 0 Å². The Kier molecular flexibility index (Phi) is 1.89. The van der Waals surface area contributed by atoms with Gasteiger partial charge in [-0.2, -0.15) is 0 Å². The van der Waals surface area contributed by atoms with Crippen LogP contribution in [0.4, 0.5) is 10.1 Å². The minimum absolute atomic E-state index is 0.0879. The maximum Gasteiger partial charge on any atom is 0.354 e. The average Bonchev–Trinajstić information content (AvgIpc) is 2.40. The van der Waals surface area contributed by atoms with E-state index in [0.29, 0.717) is 5.39 Å². The van der Waals surface area contributed by atoms with Crippen LogP contribution in [0.2, 0.25) is 0 Å². The van der Waals surface area contributed by atoms with Gasteiger partial charge in [-0.3, -0.25) is 0 Å². The predicted octanol–water partition coefficient (Wildman–Crippen LogP) is 1.60. The van der Waals surface area contributed by atoms with Gasteiger partial charge in [-0.05, 0) is 6.07 Å². The molecule has 0 radical (unpaired) electrons. The number of nitrogens with two attached hydrogens (primary N) is 1. The number of aromatic carboxylic acids is 1. The lowest BCUT2D eigenvalue weighted by molar-refractivity contribution is 0.0688. The van der Waals surface area contributed by atoms with Crippen LogP contribution in [-0.4, -0.2) is 15.6 Å². The molecule has 1 aromatic carbocycles. The minimum atomic E-state index is -1.16. The first-order chi connectivity index (χ1) is 7.04. The molecule has 0 aliphatic rings. The third kappa shape index (κ3) is 1.16. The quantitative estimate of drug-likeness (QED) is 0.747. The zero-order valence-electron chi connectivity index (χ0n) is 7.99. The van der Waals surface area contributed by atoms with Crippen LogP contribution in [0.1, 0.15) is 10.5 Å². The van der Waals surface area contributed by atoms with E-state index in [1.807, 2.05) is 0 Å². The molecule has 1 aromatic heterocycles. The van der Waals surface area contributed by atoms with Crippen LogP contribution in [0, 0.1) is 5.82 Å². The van der Waals surface area contributed by atoms with Crippen molar-refractivity contribution in [3.8, 4) is 0 Å². The van der Waals surface area contributed by atoms with Crippen LogP contribution in [0.25, 0.3) is 10.9 Å². The van der Waals surface area contributed by atoms with Crippen molar-refractivity contribution in [1.82, 2.24) is 4.57 Å². The number of carboxylic acid groups (broad SMARTS) is 1. The van der Waals surface area contributed by atoms with Crippen molar-refractivity contribution in [3.05, 3.63) is 29.7 Å². The van der Waals surface area contributed by atoms with Crippen molar-refractivity contribution < 1.29 is 14.3 Å². The number of para-hydroxylation sites is 1. The zero-order valence-corrected chi connectivity index (χ0v) is 7.99. The van der Waals surface area contributed by atoms with Crippen LogP contribution >= 0.6 is 0 Å². The van der Waals surface area contributed by atoms with E-state index in [9.17, 15) is 9.18 Å². The van der Waals surface area contributed by atoms with Crippen molar-refractivity contribution >= 4 is 22.6 Å². The summed E-state index contributed by atoms with van der Waals surface area (Å²) in [7, 11) is 1.48. The number of aryl methyl sites for hydroxylation is 1. The Bertz CT molecular complexity index is 560. The second-order valence-corrected chi connectivity index (χ2v) is 3.26. The van der Waals surface area contributed by atoms with E-state index in [4.69, 9.17) is 10.8 Å². The fraction of sp³-hybridized carbons (Fsp3) is 0.100. The molecule has 0 bridgehead atoms. The Morgan fingerprint density at radius 2 is 2.20 bits per heavy atom. The molecule has 0 fully saturated rings. The molecule has 0 unspecified atom stereocenters. The number of hydrogen-bond donors (Lipinski definition) is 2. The summed E-state index contributed by atoms with van der Waals surface area (Å²) in [5, 5.41) is 9.34. The predicted molar refractivity (Wildman–Crippen MR) is 54.2 cm³/mol. The van der Waals surface area contributed by atoms with Gasteiger partial charge in [0.15, 0.2) is 5.69 Å². The maximum absolute atomic E-state index is 13.4. The highest BCUT2D eigenvalue weighted by molar-refractivity contribution is 6.05. The molecular formula is C10H9FN2O2. The van der Waals surface area contributed by atoms with Gasteiger partial charge in [-0.15, -0.1) is 0 Å². The summed E-state index contributed by atoms with van der Waals surface area (Å²) < 4.78 is 14.7. The van der Waals surface area contributed by atoms with E-state index in [0.717, 1.165) is 0 Å². The zero-order chi connectivity index (χ0) is 11.2. The lowest BCUT2D eigenvalue weighted by Gasteiger charge is -1.99. The monoisotopic (exact) mass is 208 g/mol. The fourth-order valence-corrected chi connectivity index (χ4v) is 1.75. The second-order valence-electron chi connectivity index (χ2n) is 3.26. The Hall–Kier alpha value is -2.04. The van der Waals surface area contributed by atoms with Gasteiger partial charge in [0.2, 0.25) is 0 Å². The number of fused-ring (bicyclic) bond motifs is 1. The lowest BCUT2D eigenvalue weighted by atomic mass is 10.2. The molecule has 5 heteroatoms. The molecule has 1 heterocycles. The number of halogens is 1. The van der Waals surface area contributed by atoms with Crippen LogP contribution in [-0.2, 0) is 7.05 Å². The molecule has 0 atom stereocenters. The fourth-order valence-electron chi connectivity index (χ4n) is 1.75. The molecule has 4 nitrogen and oxygen atoms in total. The van der Waals surface area contributed by atoms with Gasteiger partial charge in [0, 0.05) is 12.4 Å². The number of carbonyl (C=O) groups is 1. The van der Waals surface area contributed by atoms with Crippen molar-refractivity contribution in [2.75, 3.05) is 5.73 Å². The number of anilines is 1. The van der Waals surface area contributed by atoms with Crippen molar-refractivity contribution in [1.29, 1.82) is 0 Å². The highest BCUT2D eigenvalue weighted by Crippen LogP contribution is 2.29. The van der Waals surface area contributed by atoms with Crippen molar-refractivity contribution in [2.24, 2.45) is 7.05 Å². The van der Waals surface area contributed by atoms with E-state index in [1.54, 1.807) is 6.07 Å². The first-order valence-electron chi connectivity index (χ1n) is 4.29. The summed E-state index contributed by atoms with van der Waals surface area (Å²) in [4.78, 5) is 10.9. The first-order valence-corrected chi connectivity index (χ1v) is 4.29. The summed E-state index contributed by atoms with van der Waals surface area (Å²) in [6.45, 7) is 0. The standard InChI is InChI=1S/C10H9FN2O2/c1-13-8-5(3-2-4-6(8)11)7(12)9(13)10(14)15/h2-4H,12H2,1H3,(H,14,15). The van der Waals surface area contributed by atoms with Crippen LogP contribution < -0.4 is 5.73 Å². The van der Waals surface area contributed by atoms with E-state index >= 15 is 0 Å². The maximum atomic E-state index is 13.4. The van der Waals surface area contributed by atoms with Gasteiger partial charge < -0.3 is 15.4 Å². The van der Waals surface area contributed by atoms with E-state index in [1.165, 1.54) is 23.7 Å². The summed E-state index contributed by atoms with van der Waals surface area (Å²) in [6.07, 6.45) is 0. The second kappa shape index (κ2) is 2.98. The summed E-state index contributed by atoms with van der Waals surface area (Å²) in [5.74, 6) is -1.64. The molecule has 2 rings (SSSR count). The van der Waals surface area contributed by atoms with Crippen LogP contribution in [0.15, 0.2) is 18.2 Å². The smallest absolute Gasteiger partial charge is 0.354 e. The van der Waals surface area contributed by atoms with Gasteiger partial charge in [-0.25, -0.2) is 9.18 Å². The number of benzene rings is 1. The lowest BCUT2D eigenvalue weighted by Crippen LogP contribution is -2.07. The largest absolute Gasteiger partial charge is 0.477 e. The molecule has 0 saturated carbocycles. The van der Waals surface area contributed by atoms with E-state index in [2.05, 4.69) is 0 Å². The summed E-state index contributed by atoms with van der Waals surface area (Å²) >= 11 is 0. The van der Waals surface area contributed by atoms with Gasteiger partial charge in [0.05, 0.1) is 11.2 Å². The third-order valence-electron chi connectivity index (χ3n) is 2.41. The Morgan fingerprint density at radius 1 is 1.53 bits per heavy atom. The number of aromatic nitrogens is 1. The minimum Gasteiger partial charge on any atom is -0.477 e. The van der Waals surface area contributed by atoms with Gasteiger partial charge in [0.25, 0.3) is 0 Å². The normalized spacial score (nSPS) is 10.8. The molecule has 78 valence electrons. The van der Waals surface area contributed by atoms with Crippen molar-refractivity contribution in [2.45, 2.75) is 0 Å². The highest BCUT2D eigenvalue weighted by atomic mass is 19.1. The van der Waals surface area contributed by atoms with E-state index < -0.39 is 11.8 Å². The average molecular weight is 208 g/mol. The Labute approximate surface area is 84.7 Å². The van der Waals surface area contributed by atoms with Crippen LogP contribution in [0.3, 0.4) is 0 Å². The Morgan fingerprint density at radius 3 is 2.73 bits per heavy atom. The third-order valence-corrected chi connectivity index (χ3v) is 2.41. The molecule has 0 aliphatic carbocycles. The molecule has 3 N–H and O–H groups in total. The molecule has 2 aromatic rings. The molecular weight excluding hydrogens is 199 g/mol. The van der Waals surface area contributed by atoms with Gasteiger partial charge in [-0.1, -0.05) is 12.1 Å². The SMILES string of the molecule is Cn1c(C(=O)O)c(N)c2cccc(F)c21. The number of carboxylic acids is 1. The number of nitrogens with zero attached hydrogens (tertiary/aromatic N) is 1. The molecule has 0 saturated heterocycles. The number of nitrogen functional groups attached to an aromatic ring is 1. The Balaban J connectivity index is 2.98. The molecule has 15 heavy (non-hydrogen) atoms. The van der Waals surface area contributed by atoms with Crippen LogP contribution in [0.5, 0.6) is 0 Å². The van der Waals surface area contributed by atoms with Gasteiger partial charge >= 0.3 is 5.97 Å². The van der Waals surface area contributed by atoms with Gasteiger partial charge in [0.1, 0.15) is 5.82 Å². The number of hydrogen-bond acceptors (Lipinski definition) is 2. The first kappa shape index (κ1) is 9.51. The number of rotatable bonds is 1. The highest BCUT2D eigenvalue weighted by Gasteiger charge is 2.19. The van der Waals surface area contributed by atoms with E-state index in [-0.39, 0.29) is 16.9 Å². The summed E-state index contributed by atoms with van der Waals surface area (Å²) in [6, 6.07) is 4.37. The molecule has 0 amide bonds. The molecule has 0 spiro atoms.